The van der Waals surface area contributed by atoms with Crippen LogP contribution >= 0.6 is 0 Å². The van der Waals surface area contributed by atoms with E-state index in [-0.39, 0.29) is 6.10 Å². The molecule has 4 rings (SSSR count). The van der Waals surface area contributed by atoms with E-state index < -0.39 is 6.09 Å². The number of anilines is 1. The molecule has 0 saturated heterocycles. The van der Waals surface area contributed by atoms with Crippen LogP contribution in [0.5, 0.6) is 0 Å². The fourth-order valence-electron chi connectivity index (χ4n) is 3.19. The molecule has 1 saturated carbocycles. The molecule has 2 aromatic carbocycles. The highest BCUT2D eigenvalue weighted by molar-refractivity contribution is 5.87. The summed E-state index contributed by atoms with van der Waals surface area (Å²) in [6.45, 7) is 3.57. The van der Waals surface area contributed by atoms with Crippen LogP contribution in [0.25, 0.3) is 0 Å². The Hall–Kier alpha value is -3.52. The second kappa shape index (κ2) is 8.87. The smallest absolute Gasteiger partial charge is 0.412 e. The zero-order valence-electron chi connectivity index (χ0n) is 17.1. The van der Waals surface area contributed by atoms with Gasteiger partial charge in [0.2, 0.25) is 5.76 Å². The molecule has 1 aliphatic rings. The van der Waals surface area contributed by atoms with Crippen LogP contribution in [0, 0.1) is 24.7 Å². The molecule has 0 bridgehead atoms. The van der Waals surface area contributed by atoms with Crippen molar-refractivity contribution in [3.63, 3.8) is 0 Å². The molecule has 1 N–H and O–H groups in total. The third-order valence-electron chi connectivity index (χ3n) is 5.14. The largest absolute Gasteiger partial charge is 0.441 e. The van der Waals surface area contributed by atoms with E-state index in [1.807, 2.05) is 49.4 Å². The van der Waals surface area contributed by atoms with Crippen molar-refractivity contribution in [2.24, 2.45) is 5.92 Å². The Bertz CT molecular complexity index is 1070. The molecule has 0 aliphatic heterocycles. The van der Waals surface area contributed by atoms with Crippen molar-refractivity contribution in [1.82, 2.24) is 5.16 Å². The van der Waals surface area contributed by atoms with Crippen LogP contribution < -0.4 is 5.32 Å². The van der Waals surface area contributed by atoms with E-state index in [9.17, 15) is 4.79 Å². The van der Waals surface area contributed by atoms with Gasteiger partial charge < -0.3 is 9.26 Å². The van der Waals surface area contributed by atoms with Crippen LogP contribution in [0.15, 0.2) is 59.1 Å². The first-order valence-electron chi connectivity index (χ1n) is 10.2. The maximum atomic E-state index is 12.4. The number of carbonyl (C=O) groups is 1. The molecule has 1 amide bonds. The Morgan fingerprint density at radius 1 is 1.17 bits per heavy atom. The monoisotopic (exact) mass is 400 g/mol. The number of hydrogen-bond acceptors (Lipinski definition) is 4. The second-order valence-corrected chi connectivity index (χ2v) is 7.65. The lowest BCUT2D eigenvalue weighted by Crippen LogP contribution is -2.16. The summed E-state index contributed by atoms with van der Waals surface area (Å²) in [5, 5.41) is 6.64. The summed E-state index contributed by atoms with van der Waals surface area (Å²) in [4.78, 5) is 12.4. The maximum absolute atomic E-state index is 12.4. The lowest BCUT2D eigenvalue weighted by atomic mass is 10.1. The Balaban J connectivity index is 1.41. The first kappa shape index (κ1) is 19.8. The van der Waals surface area contributed by atoms with E-state index in [1.54, 1.807) is 6.92 Å². The molecule has 0 radical (unpaired) electrons. The van der Waals surface area contributed by atoms with Crippen molar-refractivity contribution < 1.29 is 14.1 Å². The van der Waals surface area contributed by atoms with Gasteiger partial charge in [-0.05, 0) is 68.2 Å². The summed E-state index contributed by atoms with van der Waals surface area (Å²) < 4.78 is 10.8. The van der Waals surface area contributed by atoms with Gasteiger partial charge in [-0.2, -0.15) is 0 Å². The van der Waals surface area contributed by atoms with Gasteiger partial charge in [-0.15, -0.1) is 0 Å². The molecule has 152 valence electrons. The maximum Gasteiger partial charge on any atom is 0.412 e. The Labute approximate surface area is 176 Å². The fraction of sp³-hybridized carbons (Fsp3) is 0.280. The topological polar surface area (TPSA) is 64.4 Å². The van der Waals surface area contributed by atoms with Crippen molar-refractivity contribution in [3.8, 4) is 11.8 Å². The van der Waals surface area contributed by atoms with E-state index in [4.69, 9.17) is 9.26 Å². The average Bonchev–Trinajstić information content (AvgIpc) is 3.51. The van der Waals surface area contributed by atoms with Gasteiger partial charge in [0.1, 0.15) is 17.5 Å². The van der Waals surface area contributed by atoms with Gasteiger partial charge in [-0.3, -0.25) is 5.32 Å². The predicted molar refractivity (Wildman–Crippen MR) is 115 cm³/mol. The lowest BCUT2D eigenvalue weighted by Gasteiger charge is -2.13. The summed E-state index contributed by atoms with van der Waals surface area (Å²) in [7, 11) is 0. The van der Waals surface area contributed by atoms with E-state index >= 15 is 0 Å². The lowest BCUT2D eigenvalue weighted by molar-refractivity contribution is 0.121. The number of hydrogen-bond donors (Lipinski definition) is 1. The minimum absolute atomic E-state index is 0.305. The Kier molecular flexibility index (Phi) is 5.85. The highest BCUT2D eigenvalue weighted by Gasteiger charge is 2.21. The molecule has 0 spiro atoms. The first-order chi connectivity index (χ1) is 14.6. The number of nitrogens with one attached hydrogen (secondary N) is 1. The second-order valence-electron chi connectivity index (χ2n) is 7.65. The van der Waals surface area contributed by atoms with Crippen molar-refractivity contribution in [2.75, 3.05) is 5.32 Å². The highest BCUT2D eigenvalue weighted by atomic mass is 16.6. The van der Waals surface area contributed by atoms with E-state index in [2.05, 4.69) is 34.4 Å². The summed E-state index contributed by atoms with van der Waals surface area (Å²) >= 11 is 0. The number of carbonyl (C=O) groups excluding carboxylic acids is 1. The third kappa shape index (κ3) is 5.09. The molecule has 5 nitrogen and oxygen atoms in total. The zero-order valence-corrected chi connectivity index (χ0v) is 17.1. The van der Waals surface area contributed by atoms with Gasteiger partial charge in [0.05, 0.1) is 0 Å². The SMILES string of the molecule is Cc1noc(C#Cc2ccc(CC3CC3)cc2)c1NC(=O)OC(C)c1ccccc1. The molecule has 3 aromatic rings. The Morgan fingerprint density at radius 3 is 2.60 bits per heavy atom. The molecule has 30 heavy (non-hydrogen) atoms. The summed E-state index contributed by atoms with van der Waals surface area (Å²) in [5.41, 5.74) is 4.12. The quantitative estimate of drug-likeness (QED) is 0.563. The van der Waals surface area contributed by atoms with Gasteiger partial charge in [-0.1, -0.05) is 53.5 Å². The molecule has 1 atom stereocenters. The van der Waals surface area contributed by atoms with Crippen molar-refractivity contribution >= 4 is 11.8 Å². The van der Waals surface area contributed by atoms with E-state index in [0.717, 1.165) is 23.5 Å². The minimum atomic E-state index is -0.579. The van der Waals surface area contributed by atoms with Crippen molar-refractivity contribution in [2.45, 2.75) is 39.2 Å². The summed E-state index contributed by atoms with van der Waals surface area (Å²) in [6, 6.07) is 17.8. The number of aromatic nitrogens is 1. The first-order valence-corrected chi connectivity index (χ1v) is 10.2. The molecular weight excluding hydrogens is 376 g/mol. The normalized spacial score (nSPS) is 13.8. The van der Waals surface area contributed by atoms with E-state index in [0.29, 0.717) is 17.1 Å². The molecule has 1 aromatic heterocycles. The van der Waals surface area contributed by atoms with Crippen LogP contribution in [0.4, 0.5) is 10.5 Å². The van der Waals surface area contributed by atoms with Crippen LogP contribution in [0.3, 0.4) is 0 Å². The number of nitrogens with zero attached hydrogens (tertiary/aromatic N) is 1. The van der Waals surface area contributed by atoms with Gasteiger partial charge in [0, 0.05) is 5.56 Å². The molecule has 1 unspecified atom stereocenters. The van der Waals surface area contributed by atoms with Crippen LogP contribution in [0.1, 0.15) is 54.0 Å². The third-order valence-corrected chi connectivity index (χ3v) is 5.14. The van der Waals surface area contributed by atoms with Crippen LogP contribution in [0.2, 0.25) is 0 Å². The van der Waals surface area contributed by atoms with Crippen molar-refractivity contribution in [1.29, 1.82) is 0 Å². The molecule has 1 heterocycles. The number of rotatable bonds is 5. The summed E-state index contributed by atoms with van der Waals surface area (Å²) in [5.74, 6) is 7.20. The van der Waals surface area contributed by atoms with Gasteiger partial charge >= 0.3 is 6.09 Å². The molecule has 1 fully saturated rings. The molecule has 1 aliphatic carbocycles. The molecular formula is C25H24N2O3. The zero-order chi connectivity index (χ0) is 20.9. The van der Waals surface area contributed by atoms with Gasteiger partial charge in [0.25, 0.3) is 0 Å². The standard InChI is InChI=1S/C25H24N2O3/c1-17-24(26-25(28)29-18(2)22-6-4-3-5-7-22)23(30-27-17)15-14-19-8-10-20(11-9-19)16-21-12-13-21/h3-11,18,21H,12-13,16H2,1-2H3,(H,26,28). The highest BCUT2D eigenvalue weighted by Crippen LogP contribution is 2.32. The van der Waals surface area contributed by atoms with Crippen molar-refractivity contribution in [3.05, 3.63) is 82.7 Å². The number of ether oxygens (including phenoxy) is 1. The van der Waals surface area contributed by atoms with Crippen LogP contribution in [-0.2, 0) is 11.2 Å². The van der Waals surface area contributed by atoms with Gasteiger partial charge in [-0.25, -0.2) is 4.79 Å². The van der Waals surface area contributed by atoms with E-state index in [1.165, 1.54) is 18.4 Å². The van der Waals surface area contributed by atoms with Crippen LogP contribution in [-0.4, -0.2) is 11.2 Å². The predicted octanol–water partition coefficient (Wildman–Crippen LogP) is 5.65. The number of aryl methyl sites for hydroxylation is 1. The average molecular weight is 400 g/mol. The number of amides is 1. The Morgan fingerprint density at radius 2 is 1.90 bits per heavy atom. The molecule has 5 heteroatoms. The minimum Gasteiger partial charge on any atom is -0.441 e. The van der Waals surface area contributed by atoms with Gasteiger partial charge in [0.15, 0.2) is 0 Å². The number of benzene rings is 2. The summed E-state index contributed by atoms with van der Waals surface area (Å²) in [6.07, 6.45) is 2.87. The fourth-order valence-corrected chi connectivity index (χ4v) is 3.19.